The number of anilines is 1. The van der Waals surface area contributed by atoms with Crippen LogP contribution in [0.25, 0.3) is 0 Å². The van der Waals surface area contributed by atoms with E-state index in [1.165, 1.54) is 12.1 Å². The SMILES string of the molecule is CNc1ccc(OCc2cccc(F)c2)c(Cl)c1. The molecular formula is C14H13ClFNO. The van der Waals surface area contributed by atoms with Crippen molar-refractivity contribution in [2.24, 2.45) is 0 Å². The number of hydrogen-bond donors (Lipinski definition) is 1. The Bertz CT molecular complexity index is 545. The summed E-state index contributed by atoms with van der Waals surface area (Å²) >= 11 is 6.07. The van der Waals surface area contributed by atoms with Crippen molar-refractivity contribution < 1.29 is 9.13 Å². The van der Waals surface area contributed by atoms with Gasteiger partial charge in [0, 0.05) is 12.7 Å². The average Bonchev–Trinajstić information content (AvgIpc) is 2.37. The number of nitrogens with one attached hydrogen (secondary N) is 1. The zero-order valence-corrected chi connectivity index (χ0v) is 10.7. The third-order valence-electron chi connectivity index (χ3n) is 2.50. The maximum absolute atomic E-state index is 13.0. The van der Waals surface area contributed by atoms with E-state index in [9.17, 15) is 4.39 Å². The molecule has 0 radical (unpaired) electrons. The summed E-state index contributed by atoms with van der Waals surface area (Å²) in [5, 5.41) is 3.51. The van der Waals surface area contributed by atoms with Crippen LogP contribution in [0.15, 0.2) is 42.5 Å². The van der Waals surface area contributed by atoms with E-state index in [-0.39, 0.29) is 12.4 Å². The Hall–Kier alpha value is -1.74. The summed E-state index contributed by atoms with van der Waals surface area (Å²) in [5.74, 6) is 0.313. The largest absolute Gasteiger partial charge is 0.487 e. The van der Waals surface area contributed by atoms with Gasteiger partial charge in [-0.3, -0.25) is 0 Å². The molecule has 0 spiro atoms. The molecule has 0 saturated heterocycles. The zero-order valence-electron chi connectivity index (χ0n) is 9.91. The number of hydrogen-bond acceptors (Lipinski definition) is 2. The van der Waals surface area contributed by atoms with Crippen molar-refractivity contribution in [3.05, 3.63) is 58.9 Å². The van der Waals surface area contributed by atoms with E-state index in [1.807, 2.05) is 13.1 Å². The lowest BCUT2D eigenvalue weighted by molar-refractivity contribution is 0.306. The molecule has 4 heteroatoms. The molecule has 18 heavy (non-hydrogen) atoms. The fourth-order valence-electron chi connectivity index (χ4n) is 1.56. The Kier molecular flexibility index (Phi) is 4.05. The van der Waals surface area contributed by atoms with Crippen LogP contribution in [0.4, 0.5) is 10.1 Å². The van der Waals surface area contributed by atoms with Crippen molar-refractivity contribution in [1.82, 2.24) is 0 Å². The van der Waals surface area contributed by atoms with Gasteiger partial charge in [0.25, 0.3) is 0 Å². The Labute approximate surface area is 110 Å². The molecule has 94 valence electrons. The highest BCUT2D eigenvalue weighted by molar-refractivity contribution is 6.32. The number of rotatable bonds is 4. The molecule has 0 amide bonds. The molecule has 0 unspecified atom stereocenters. The Balaban J connectivity index is 2.06. The van der Waals surface area contributed by atoms with Gasteiger partial charge in [0.05, 0.1) is 5.02 Å². The van der Waals surface area contributed by atoms with Gasteiger partial charge in [-0.2, -0.15) is 0 Å². The van der Waals surface area contributed by atoms with Crippen molar-refractivity contribution in [1.29, 1.82) is 0 Å². The lowest BCUT2D eigenvalue weighted by atomic mass is 10.2. The van der Waals surface area contributed by atoms with Crippen LogP contribution in [-0.4, -0.2) is 7.05 Å². The van der Waals surface area contributed by atoms with E-state index in [1.54, 1.807) is 24.3 Å². The van der Waals surface area contributed by atoms with E-state index < -0.39 is 0 Å². The molecule has 0 bridgehead atoms. The normalized spacial score (nSPS) is 10.2. The van der Waals surface area contributed by atoms with Crippen LogP contribution < -0.4 is 10.1 Å². The monoisotopic (exact) mass is 265 g/mol. The lowest BCUT2D eigenvalue weighted by Gasteiger charge is -2.09. The van der Waals surface area contributed by atoms with Crippen LogP contribution in [0, 0.1) is 5.82 Å². The first-order valence-electron chi connectivity index (χ1n) is 5.53. The van der Waals surface area contributed by atoms with E-state index in [0.717, 1.165) is 11.3 Å². The summed E-state index contributed by atoms with van der Waals surface area (Å²) in [7, 11) is 1.82. The molecule has 2 rings (SSSR count). The second-order valence-corrected chi connectivity index (χ2v) is 4.22. The standard InChI is InChI=1S/C14H13ClFNO/c1-17-12-5-6-14(13(15)8-12)18-9-10-3-2-4-11(16)7-10/h2-8,17H,9H2,1H3. The smallest absolute Gasteiger partial charge is 0.138 e. The maximum atomic E-state index is 13.0. The highest BCUT2D eigenvalue weighted by Gasteiger charge is 2.03. The van der Waals surface area contributed by atoms with Crippen LogP contribution >= 0.6 is 11.6 Å². The molecule has 0 aliphatic heterocycles. The van der Waals surface area contributed by atoms with Crippen molar-refractivity contribution in [2.45, 2.75) is 6.61 Å². The van der Waals surface area contributed by atoms with Gasteiger partial charge in [-0.05, 0) is 35.9 Å². The summed E-state index contributed by atoms with van der Waals surface area (Å²) in [6.07, 6.45) is 0. The van der Waals surface area contributed by atoms with E-state index in [4.69, 9.17) is 16.3 Å². The first-order chi connectivity index (χ1) is 8.69. The second-order valence-electron chi connectivity index (χ2n) is 3.81. The van der Waals surface area contributed by atoms with Crippen LogP contribution in [0.2, 0.25) is 5.02 Å². The van der Waals surface area contributed by atoms with E-state index in [2.05, 4.69) is 5.32 Å². The molecule has 0 aliphatic carbocycles. The molecular weight excluding hydrogens is 253 g/mol. The number of benzene rings is 2. The van der Waals surface area contributed by atoms with Gasteiger partial charge in [0.1, 0.15) is 18.2 Å². The summed E-state index contributed by atoms with van der Waals surface area (Å²) in [4.78, 5) is 0. The van der Waals surface area contributed by atoms with Crippen molar-refractivity contribution in [3.63, 3.8) is 0 Å². The van der Waals surface area contributed by atoms with Gasteiger partial charge < -0.3 is 10.1 Å². The summed E-state index contributed by atoms with van der Waals surface area (Å²) in [6, 6.07) is 11.7. The molecule has 0 fully saturated rings. The van der Waals surface area contributed by atoms with Crippen LogP contribution in [-0.2, 0) is 6.61 Å². The van der Waals surface area contributed by atoms with Gasteiger partial charge in [-0.1, -0.05) is 23.7 Å². The van der Waals surface area contributed by atoms with Gasteiger partial charge in [0.2, 0.25) is 0 Å². The molecule has 2 nitrogen and oxygen atoms in total. The van der Waals surface area contributed by atoms with Crippen LogP contribution in [0.5, 0.6) is 5.75 Å². The Morgan fingerprint density at radius 1 is 1.22 bits per heavy atom. The molecule has 0 heterocycles. The first kappa shape index (κ1) is 12.7. The maximum Gasteiger partial charge on any atom is 0.138 e. The molecule has 0 aromatic heterocycles. The minimum absolute atomic E-state index is 0.271. The molecule has 0 saturated carbocycles. The summed E-state index contributed by atoms with van der Waals surface area (Å²) in [5.41, 5.74) is 1.68. The zero-order chi connectivity index (χ0) is 13.0. The van der Waals surface area contributed by atoms with E-state index >= 15 is 0 Å². The second kappa shape index (κ2) is 5.74. The van der Waals surface area contributed by atoms with Gasteiger partial charge in [0.15, 0.2) is 0 Å². The molecule has 0 aliphatic rings. The summed E-state index contributed by atoms with van der Waals surface area (Å²) < 4.78 is 18.5. The van der Waals surface area contributed by atoms with Gasteiger partial charge >= 0.3 is 0 Å². The van der Waals surface area contributed by atoms with Crippen molar-refractivity contribution in [3.8, 4) is 5.75 Å². The highest BCUT2D eigenvalue weighted by atomic mass is 35.5. The number of halogens is 2. The van der Waals surface area contributed by atoms with Gasteiger partial charge in [-0.15, -0.1) is 0 Å². The van der Waals surface area contributed by atoms with Gasteiger partial charge in [-0.25, -0.2) is 4.39 Å². The van der Waals surface area contributed by atoms with Crippen molar-refractivity contribution >= 4 is 17.3 Å². The third-order valence-corrected chi connectivity index (χ3v) is 2.80. The lowest BCUT2D eigenvalue weighted by Crippen LogP contribution is -1.97. The third kappa shape index (κ3) is 3.14. The minimum Gasteiger partial charge on any atom is -0.487 e. The predicted octanol–water partition coefficient (Wildman–Crippen LogP) is 4.10. The molecule has 2 aromatic rings. The quantitative estimate of drug-likeness (QED) is 0.899. The summed E-state index contributed by atoms with van der Waals surface area (Å²) in [6.45, 7) is 0.288. The first-order valence-corrected chi connectivity index (χ1v) is 5.91. The average molecular weight is 266 g/mol. The molecule has 0 atom stereocenters. The minimum atomic E-state index is -0.271. The molecule has 1 N–H and O–H groups in total. The molecule has 2 aromatic carbocycles. The van der Waals surface area contributed by atoms with E-state index in [0.29, 0.717) is 10.8 Å². The number of ether oxygens (including phenoxy) is 1. The fraction of sp³-hybridized carbons (Fsp3) is 0.143. The van der Waals surface area contributed by atoms with Crippen molar-refractivity contribution in [2.75, 3.05) is 12.4 Å². The topological polar surface area (TPSA) is 21.3 Å². The van der Waals surface area contributed by atoms with Crippen LogP contribution in [0.1, 0.15) is 5.56 Å². The Morgan fingerprint density at radius 3 is 2.72 bits per heavy atom. The fourth-order valence-corrected chi connectivity index (χ4v) is 1.80. The van der Waals surface area contributed by atoms with Crippen LogP contribution in [0.3, 0.4) is 0 Å². The highest BCUT2D eigenvalue weighted by Crippen LogP contribution is 2.28. The Morgan fingerprint density at radius 2 is 2.06 bits per heavy atom. The predicted molar refractivity (Wildman–Crippen MR) is 71.7 cm³/mol.